The Morgan fingerprint density at radius 3 is 2.72 bits per heavy atom. The zero-order valence-corrected chi connectivity index (χ0v) is 11.5. The number of aromatic nitrogens is 1. The SMILES string of the molecule is CCNCc1cccc(N2C[C@@H](C)O[C@@H](C)C2)n1. The van der Waals surface area contributed by atoms with Gasteiger partial charge in [-0.2, -0.15) is 0 Å². The molecule has 1 aliphatic heterocycles. The average Bonchev–Trinajstić information content (AvgIpc) is 2.35. The van der Waals surface area contributed by atoms with Crippen LogP contribution in [0.1, 0.15) is 26.5 Å². The molecule has 0 spiro atoms. The molecule has 2 atom stereocenters. The lowest BCUT2D eigenvalue weighted by atomic mass is 10.2. The molecular formula is C14H23N3O. The number of nitrogens with zero attached hydrogens (tertiary/aromatic N) is 2. The summed E-state index contributed by atoms with van der Waals surface area (Å²) in [6.45, 7) is 9.98. The zero-order chi connectivity index (χ0) is 13.0. The minimum absolute atomic E-state index is 0.271. The van der Waals surface area contributed by atoms with Crippen molar-refractivity contribution in [3.05, 3.63) is 23.9 Å². The van der Waals surface area contributed by atoms with Crippen molar-refractivity contribution in [1.29, 1.82) is 0 Å². The molecule has 2 rings (SSSR count). The number of morpholine rings is 1. The Morgan fingerprint density at radius 2 is 2.06 bits per heavy atom. The molecule has 0 unspecified atom stereocenters. The topological polar surface area (TPSA) is 37.4 Å². The fourth-order valence-corrected chi connectivity index (χ4v) is 2.36. The average molecular weight is 249 g/mol. The lowest BCUT2D eigenvalue weighted by Gasteiger charge is -2.36. The Hall–Kier alpha value is -1.13. The highest BCUT2D eigenvalue weighted by atomic mass is 16.5. The van der Waals surface area contributed by atoms with Crippen molar-refractivity contribution in [2.24, 2.45) is 0 Å². The predicted molar refractivity (Wildman–Crippen MR) is 73.8 cm³/mol. The van der Waals surface area contributed by atoms with E-state index in [0.29, 0.717) is 0 Å². The van der Waals surface area contributed by atoms with Crippen molar-refractivity contribution in [2.45, 2.75) is 39.5 Å². The van der Waals surface area contributed by atoms with Crippen LogP contribution in [0, 0.1) is 0 Å². The van der Waals surface area contributed by atoms with Crippen molar-refractivity contribution in [1.82, 2.24) is 10.3 Å². The Morgan fingerprint density at radius 1 is 1.33 bits per heavy atom. The van der Waals surface area contributed by atoms with E-state index < -0.39 is 0 Å². The van der Waals surface area contributed by atoms with Gasteiger partial charge in [-0.25, -0.2) is 4.98 Å². The van der Waals surface area contributed by atoms with E-state index >= 15 is 0 Å². The van der Waals surface area contributed by atoms with Crippen LogP contribution in [-0.4, -0.2) is 36.8 Å². The van der Waals surface area contributed by atoms with E-state index in [0.717, 1.165) is 37.7 Å². The van der Waals surface area contributed by atoms with Gasteiger partial charge in [0.15, 0.2) is 0 Å². The molecule has 0 saturated carbocycles. The van der Waals surface area contributed by atoms with Gasteiger partial charge >= 0.3 is 0 Å². The van der Waals surface area contributed by atoms with Crippen molar-refractivity contribution in [3.63, 3.8) is 0 Å². The Balaban J connectivity index is 2.07. The molecule has 1 aromatic heterocycles. The minimum Gasteiger partial charge on any atom is -0.372 e. The lowest BCUT2D eigenvalue weighted by molar-refractivity contribution is -0.00546. The highest BCUT2D eigenvalue weighted by Crippen LogP contribution is 2.18. The van der Waals surface area contributed by atoms with Crippen molar-refractivity contribution in [3.8, 4) is 0 Å². The van der Waals surface area contributed by atoms with Crippen LogP contribution in [0.15, 0.2) is 18.2 Å². The van der Waals surface area contributed by atoms with E-state index in [2.05, 4.69) is 49.2 Å². The first-order chi connectivity index (χ1) is 8.69. The molecular weight excluding hydrogens is 226 g/mol. The van der Waals surface area contributed by atoms with E-state index in [1.54, 1.807) is 0 Å². The summed E-state index contributed by atoms with van der Waals surface area (Å²) in [4.78, 5) is 7.02. The van der Waals surface area contributed by atoms with Crippen molar-refractivity contribution >= 4 is 5.82 Å². The van der Waals surface area contributed by atoms with Gasteiger partial charge < -0.3 is 15.0 Å². The predicted octanol–water partition coefficient (Wildman–Crippen LogP) is 1.80. The van der Waals surface area contributed by atoms with Crippen LogP contribution in [0.5, 0.6) is 0 Å². The third-order valence-electron chi connectivity index (χ3n) is 3.09. The summed E-state index contributed by atoms with van der Waals surface area (Å²) in [5.41, 5.74) is 1.10. The second-order valence-electron chi connectivity index (χ2n) is 4.93. The van der Waals surface area contributed by atoms with E-state index in [9.17, 15) is 0 Å². The summed E-state index contributed by atoms with van der Waals surface area (Å²) < 4.78 is 5.75. The van der Waals surface area contributed by atoms with Crippen LogP contribution >= 0.6 is 0 Å². The van der Waals surface area contributed by atoms with Crippen molar-refractivity contribution in [2.75, 3.05) is 24.5 Å². The number of anilines is 1. The molecule has 0 aromatic carbocycles. The van der Waals surface area contributed by atoms with Gasteiger partial charge in [-0.15, -0.1) is 0 Å². The van der Waals surface area contributed by atoms with Gasteiger partial charge in [0.05, 0.1) is 17.9 Å². The fraction of sp³-hybridized carbons (Fsp3) is 0.643. The highest BCUT2D eigenvalue weighted by Gasteiger charge is 2.23. The zero-order valence-electron chi connectivity index (χ0n) is 11.5. The van der Waals surface area contributed by atoms with E-state index in [1.165, 1.54) is 0 Å². The van der Waals surface area contributed by atoms with Gasteiger partial charge in [0, 0.05) is 19.6 Å². The van der Waals surface area contributed by atoms with Crippen LogP contribution in [0.25, 0.3) is 0 Å². The summed E-state index contributed by atoms with van der Waals surface area (Å²) in [5.74, 6) is 1.06. The molecule has 100 valence electrons. The summed E-state index contributed by atoms with van der Waals surface area (Å²) in [5, 5.41) is 3.31. The van der Waals surface area contributed by atoms with E-state index in [1.807, 2.05) is 0 Å². The molecule has 2 heterocycles. The minimum atomic E-state index is 0.271. The van der Waals surface area contributed by atoms with Crippen LogP contribution < -0.4 is 10.2 Å². The molecule has 0 amide bonds. The molecule has 18 heavy (non-hydrogen) atoms. The quantitative estimate of drug-likeness (QED) is 0.883. The first-order valence-electron chi connectivity index (χ1n) is 6.76. The second-order valence-corrected chi connectivity index (χ2v) is 4.93. The maximum absolute atomic E-state index is 5.75. The van der Waals surface area contributed by atoms with Crippen LogP contribution in [0.2, 0.25) is 0 Å². The molecule has 1 N–H and O–H groups in total. The largest absolute Gasteiger partial charge is 0.372 e. The molecule has 1 aromatic rings. The van der Waals surface area contributed by atoms with Gasteiger partial charge in [0.1, 0.15) is 5.82 Å². The summed E-state index contributed by atoms with van der Waals surface area (Å²) in [7, 11) is 0. The lowest BCUT2D eigenvalue weighted by Crippen LogP contribution is -2.45. The molecule has 0 bridgehead atoms. The normalized spacial score (nSPS) is 24.3. The highest BCUT2D eigenvalue weighted by molar-refractivity contribution is 5.40. The molecule has 1 saturated heterocycles. The van der Waals surface area contributed by atoms with Crippen LogP contribution in [0.4, 0.5) is 5.82 Å². The van der Waals surface area contributed by atoms with Crippen LogP contribution in [-0.2, 0) is 11.3 Å². The Labute approximate surface area is 109 Å². The van der Waals surface area contributed by atoms with Gasteiger partial charge in [0.25, 0.3) is 0 Å². The Kier molecular flexibility index (Phi) is 4.55. The van der Waals surface area contributed by atoms with E-state index in [-0.39, 0.29) is 12.2 Å². The maximum Gasteiger partial charge on any atom is 0.129 e. The third kappa shape index (κ3) is 3.43. The second kappa shape index (κ2) is 6.16. The Bertz CT molecular complexity index is 373. The smallest absolute Gasteiger partial charge is 0.129 e. The first-order valence-corrected chi connectivity index (χ1v) is 6.76. The molecule has 1 fully saturated rings. The van der Waals surface area contributed by atoms with Gasteiger partial charge in [-0.05, 0) is 32.5 Å². The summed E-state index contributed by atoms with van der Waals surface area (Å²) in [6.07, 6.45) is 0.543. The molecule has 0 aliphatic carbocycles. The van der Waals surface area contributed by atoms with Gasteiger partial charge in [0.2, 0.25) is 0 Å². The molecule has 1 aliphatic rings. The van der Waals surface area contributed by atoms with Crippen molar-refractivity contribution < 1.29 is 4.74 Å². The number of pyridine rings is 1. The summed E-state index contributed by atoms with van der Waals surface area (Å²) in [6, 6.07) is 6.24. The fourth-order valence-electron chi connectivity index (χ4n) is 2.36. The van der Waals surface area contributed by atoms with Gasteiger partial charge in [-0.3, -0.25) is 0 Å². The molecule has 4 heteroatoms. The maximum atomic E-state index is 5.75. The van der Waals surface area contributed by atoms with Gasteiger partial charge in [-0.1, -0.05) is 13.0 Å². The number of rotatable bonds is 4. The van der Waals surface area contributed by atoms with E-state index in [4.69, 9.17) is 9.72 Å². The number of ether oxygens (including phenoxy) is 1. The first kappa shape index (κ1) is 13.3. The molecule has 4 nitrogen and oxygen atoms in total. The number of hydrogen-bond donors (Lipinski definition) is 1. The standard InChI is InChI=1S/C14H23N3O/c1-4-15-8-13-6-5-7-14(16-13)17-9-11(2)18-12(3)10-17/h5-7,11-12,15H,4,8-10H2,1-3H3/t11-,12+. The monoisotopic (exact) mass is 249 g/mol. The number of nitrogens with one attached hydrogen (secondary N) is 1. The number of hydrogen-bond acceptors (Lipinski definition) is 4. The molecule has 0 radical (unpaired) electrons. The summed E-state index contributed by atoms with van der Waals surface area (Å²) >= 11 is 0. The third-order valence-corrected chi connectivity index (χ3v) is 3.09. The van der Waals surface area contributed by atoms with Crippen LogP contribution in [0.3, 0.4) is 0 Å².